The molecule has 0 bridgehead atoms. The highest BCUT2D eigenvalue weighted by atomic mass is 79.9. The van der Waals surface area contributed by atoms with Gasteiger partial charge in [0, 0.05) is 5.56 Å². The molecule has 0 spiro atoms. The molecule has 0 fully saturated rings. The summed E-state index contributed by atoms with van der Waals surface area (Å²) < 4.78 is 13.3. The Morgan fingerprint density at radius 3 is 2.25 bits per heavy atom. The number of nitrogens with one attached hydrogen (secondary N) is 1. The molecule has 1 aromatic rings. The van der Waals surface area contributed by atoms with Crippen LogP contribution < -0.4 is 5.32 Å². The SMILES string of the molecule is CC(C)(NC(=O)c1ccc(F)c(Br)c1)C(C)(C)C(=O)O. The molecule has 0 aliphatic rings. The Hall–Kier alpha value is -1.43. The smallest absolute Gasteiger partial charge is 0.311 e. The van der Waals surface area contributed by atoms with Gasteiger partial charge in [-0.2, -0.15) is 0 Å². The molecular weight excluding hydrogens is 329 g/mol. The number of rotatable bonds is 4. The summed E-state index contributed by atoms with van der Waals surface area (Å²) in [4.78, 5) is 23.4. The maximum Gasteiger partial charge on any atom is 0.311 e. The number of carbonyl (C=O) groups is 2. The molecule has 0 heterocycles. The number of amides is 1. The molecule has 0 saturated carbocycles. The number of carboxylic acids is 1. The summed E-state index contributed by atoms with van der Waals surface area (Å²) in [5.41, 5.74) is -1.87. The zero-order valence-corrected chi connectivity index (χ0v) is 13.3. The molecule has 4 nitrogen and oxygen atoms in total. The van der Waals surface area contributed by atoms with Gasteiger partial charge in [-0.1, -0.05) is 0 Å². The van der Waals surface area contributed by atoms with Crippen LogP contribution in [0.25, 0.3) is 0 Å². The van der Waals surface area contributed by atoms with E-state index in [1.165, 1.54) is 32.0 Å². The van der Waals surface area contributed by atoms with Crippen molar-refractivity contribution in [1.29, 1.82) is 0 Å². The van der Waals surface area contributed by atoms with Crippen LogP contribution in [0.1, 0.15) is 38.1 Å². The second-order valence-corrected chi connectivity index (χ2v) is 6.49. The lowest BCUT2D eigenvalue weighted by Crippen LogP contribution is -2.56. The fourth-order valence-electron chi connectivity index (χ4n) is 1.42. The van der Waals surface area contributed by atoms with E-state index in [1.807, 2.05) is 0 Å². The van der Waals surface area contributed by atoms with Crippen LogP contribution in [0.2, 0.25) is 0 Å². The van der Waals surface area contributed by atoms with Gasteiger partial charge in [-0.05, 0) is 61.8 Å². The molecule has 0 atom stereocenters. The Bertz CT molecular complexity index is 555. The van der Waals surface area contributed by atoms with Gasteiger partial charge in [-0.3, -0.25) is 9.59 Å². The fraction of sp³-hybridized carbons (Fsp3) is 0.429. The summed E-state index contributed by atoms with van der Waals surface area (Å²) in [5, 5.41) is 11.9. The van der Waals surface area contributed by atoms with Gasteiger partial charge in [0.05, 0.1) is 15.4 Å². The van der Waals surface area contributed by atoms with Crippen LogP contribution in [-0.4, -0.2) is 22.5 Å². The van der Waals surface area contributed by atoms with Gasteiger partial charge >= 0.3 is 5.97 Å². The average Bonchev–Trinajstić information content (AvgIpc) is 2.31. The lowest BCUT2D eigenvalue weighted by Gasteiger charge is -2.38. The number of hydrogen-bond acceptors (Lipinski definition) is 2. The molecular formula is C14H17BrFNO3. The lowest BCUT2D eigenvalue weighted by molar-refractivity contribution is -0.150. The van der Waals surface area contributed by atoms with Gasteiger partial charge in [-0.25, -0.2) is 4.39 Å². The monoisotopic (exact) mass is 345 g/mol. The zero-order chi connectivity index (χ0) is 15.7. The zero-order valence-electron chi connectivity index (χ0n) is 11.8. The summed E-state index contributed by atoms with van der Waals surface area (Å²) in [7, 11) is 0. The molecule has 110 valence electrons. The number of benzene rings is 1. The molecule has 1 aromatic carbocycles. The third-order valence-corrected chi connectivity index (χ3v) is 4.31. The van der Waals surface area contributed by atoms with E-state index in [9.17, 15) is 19.1 Å². The highest BCUT2D eigenvalue weighted by Gasteiger charge is 2.44. The molecule has 0 unspecified atom stereocenters. The highest BCUT2D eigenvalue weighted by molar-refractivity contribution is 9.10. The van der Waals surface area contributed by atoms with Crippen LogP contribution in [0, 0.1) is 11.2 Å². The van der Waals surface area contributed by atoms with E-state index < -0.39 is 28.6 Å². The van der Waals surface area contributed by atoms with Gasteiger partial charge in [0.1, 0.15) is 5.82 Å². The minimum Gasteiger partial charge on any atom is -0.481 e. The molecule has 2 N–H and O–H groups in total. The Kier molecular flexibility index (Phi) is 4.59. The molecule has 0 aliphatic heterocycles. The molecule has 0 aromatic heterocycles. The molecule has 1 rings (SSSR count). The first-order valence-electron chi connectivity index (χ1n) is 6.00. The summed E-state index contributed by atoms with van der Waals surface area (Å²) in [6, 6.07) is 3.88. The van der Waals surface area contributed by atoms with Crippen molar-refractivity contribution in [2.45, 2.75) is 33.2 Å². The van der Waals surface area contributed by atoms with Crippen molar-refractivity contribution < 1.29 is 19.1 Å². The Morgan fingerprint density at radius 2 is 1.80 bits per heavy atom. The maximum atomic E-state index is 13.1. The second-order valence-electron chi connectivity index (χ2n) is 5.64. The molecule has 1 amide bonds. The maximum absolute atomic E-state index is 13.1. The van der Waals surface area contributed by atoms with Gasteiger partial charge in [0.2, 0.25) is 0 Å². The van der Waals surface area contributed by atoms with E-state index in [0.29, 0.717) is 0 Å². The van der Waals surface area contributed by atoms with E-state index in [0.717, 1.165) is 0 Å². The van der Waals surface area contributed by atoms with Crippen molar-refractivity contribution in [2.24, 2.45) is 5.41 Å². The van der Waals surface area contributed by atoms with Gasteiger partial charge in [0.15, 0.2) is 0 Å². The topological polar surface area (TPSA) is 66.4 Å². The Morgan fingerprint density at radius 1 is 1.25 bits per heavy atom. The van der Waals surface area contributed by atoms with E-state index in [2.05, 4.69) is 21.2 Å². The summed E-state index contributed by atoms with van der Waals surface area (Å²) >= 11 is 3.01. The van der Waals surface area contributed by atoms with Crippen LogP contribution in [-0.2, 0) is 4.79 Å². The van der Waals surface area contributed by atoms with Crippen molar-refractivity contribution >= 4 is 27.8 Å². The van der Waals surface area contributed by atoms with Crippen LogP contribution >= 0.6 is 15.9 Å². The minimum absolute atomic E-state index is 0.181. The standard InChI is InChI=1S/C14H17BrFNO3/c1-13(2,12(19)20)14(3,4)17-11(18)8-5-6-10(16)9(15)7-8/h5-7H,1-4H3,(H,17,18)(H,19,20). The normalized spacial score (nSPS) is 12.1. The van der Waals surface area contributed by atoms with Crippen LogP contribution in [0.15, 0.2) is 22.7 Å². The predicted molar refractivity (Wildman–Crippen MR) is 77.1 cm³/mol. The van der Waals surface area contributed by atoms with Crippen LogP contribution in [0.5, 0.6) is 0 Å². The lowest BCUT2D eigenvalue weighted by atomic mass is 9.74. The first-order valence-corrected chi connectivity index (χ1v) is 6.79. The molecule has 6 heteroatoms. The molecule has 0 aliphatic carbocycles. The van der Waals surface area contributed by atoms with Crippen molar-refractivity contribution in [3.05, 3.63) is 34.1 Å². The number of aliphatic carboxylic acids is 1. The number of carboxylic acid groups (broad SMARTS) is 1. The fourth-order valence-corrected chi connectivity index (χ4v) is 1.80. The van der Waals surface area contributed by atoms with Crippen LogP contribution in [0.3, 0.4) is 0 Å². The van der Waals surface area contributed by atoms with Gasteiger partial charge in [0.25, 0.3) is 5.91 Å². The predicted octanol–water partition coefficient (Wildman–Crippen LogP) is 3.21. The minimum atomic E-state index is -1.15. The van der Waals surface area contributed by atoms with Crippen molar-refractivity contribution in [1.82, 2.24) is 5.32 Å². The number of hydrogen-bond donors (Lipinski definition) is 2. The molecule has 0 radical (unpaired) electrons. The van der Waals surface area contributed by atoms with E-state index in [4.69, 9.17) is 0 Å². The largest absolute Gasteiger partial charge is 0.481 e. The van der Waals surface area contributed by atoms with Crippen molar-refractivity contribution in [3.63, 3.8) is 0 Å². The summed E-state index contributed by atoms with van der Waals surface area (Å²) in [6.45, 7) is 6.35. The van der Waals surface area contributed by atoms with Crippen molar-refractivity contribution in [3.8, 4) is 0 Å². The van der Waals surface area contributed by atoms with E-state index in [-0.39, 0.29) is 10.0 Å². The Labute approximate surface area is 125 Å². The number of halogens is 2. The quantitative estimate of drug-likeness (QED) is 0.880. The summed E-state index contributed by atoms with van der Waals surface area (Å²) in [5.74, 6) is -1.93. The van der Waals surface area contributed by atoms with Gasteiger partial charge in [-0.15, -0.1) is 0 Å². The third-order valence-electron chi connectivity index (χ3n) is 3.70. The van der Waals surface area contributed by atoms with E-state index >= 15 is 0 Å². The van der Waals surface area contributed by atoms with Crippen LogP contribution in [0.4, 0.5) is 4.39 Å². The first-order chi connectivity index (χ1) is 8.99. The number of carbonyl (C=O) groups excluding carboxylic acids is 1. The molecule has 0 saturated heterocycles. The average molecular weight is 346 g/mol. The van der Waals surface area contributed by atoms with Gasteiger partial charge < -0.3 is 10.4 Å². The summed E-state index contributed by atoms with van der Waals surface area (Å²) in [6.07, 6.45) is 0. The third kappa shape index (κ3) is 3.17. The first kappa shape index (κ1) is 16.6. The Balaban J connectivity index is 3.00. The van der Waals surface area contributed by atoms with E-state index in [1.54, 1.807) is 13.8 Å². The second kappa shape index (κ2) is 5.52. The highest BCUT2D eigenvalue weighted by Crippen LogP contribution is 2.31. The molecule has 20 heavy (non-hydrogen) atoms. The van der Waals surface area contributed by atoms with Crippen molar-refractivity contribution in [2.75, 3.05) is 0 Å².